The maximum Gasteiger partial charge on any atom is 0.373 e. The van der Waals surface area contributed by atoms with E-state index in [9.17, 15) is 0 Å². The van der Waals surface area contributed by atoms with Crippen molar-refractivity contribution in [2.24, 2.45) is 23.7 Å². The lowest BCUT2D eigenvalue weighted by Gasteiger charge is -2.05. The summed E-state index contributed by atoms with van der Waals surface area (Å²) in [6.45, 7) is 22.8. The van der Waals surface area contributed by atoms with Crippen LogP contribution in [0.15, 0.2) is 0 Å². The Labute approximate surface area is 173 Å². The van der Waals surface area contributed by atoms with Gasteiger partial charge in [0.15, 0.2) is 0 Å². The summed E-state index contributed by atoms with van der Waals surface area (Å²) < 4.78 is 0. The number of hydrogen-bond donors (Lipinski definition) is 0. The molecule has 0 saturated heterocycles. The van der Waals surface area contributed by atoms with Gasteiger partial charge in [-0.2, -0.15) is 9.59 Å². The smallest absolute Gasteiger partial charge is 0.186 e. The van der Waals surface area contributed by atoms with Crippen LogP contribution in [0.1, 0.15) is 133 Å². The van der Waals surface area contributed by atoms with Crippen LogP contribution < -0.4 is 0 Å². The zero-order chi connectivity index (χ0) is 22.1. The molecule has 0 rings (SSSR count). The van der Waals surface area contributed by atoms with E-state index in [4.69, 9.17) is 9.59 Å². The van der Waals surface area contributed by atoms with E-state index in [0.29, 0.717) is 0 Å². The van der Waals surface area contributed by atoms with E-state index in [0.717, 1.165) is 23.7 Å². The SMILES string of the molecule is CC(C)CCCC(C)C.CCCCC(C)C.CCCCCC(C)C.O=C=O. The van der Waals surface area contributed by atoms with Gasteiger partial charge in [0, 0.05) is 0 Å². The van der Waals surface area contributed by atoms with Crippen molar-refractivity contribution in [2.75, 3.05) is 0 Å². The van der Waals surface area contributed by atoms with Crippen molar-refractivity contribution in [3.63, 3.8) is 0 Å². The molecule has 0 atom stereocenters. The molecule has 2 nitrogen and oxygen atoms in total. The van der Waals surface area contributed by atoms with Gasteiger partial charge in [-0.3, -0.25) is 0 Å². The Morgan fingerprint density at radius 2 is 0.741 bits per heavy atom. The molecule has 0 aliphatic heterocycles. The van der Waals surface area contributed by atoms with Crippen molar-refractivity contribution in [3.05, 3.63) is 0 Å². The molecule has 166 valence electrons. The second-order valence-corrected chi connectivity index (χ2v) is 9.23. The highest BCUT2D eigenvalue weighted by Gasteiger charge is 1.96. The summed E-state index contributed by atoms with van der Waals surface area (Å²) in [7, 11) is 0. The molecule has 0 unspecified atom stereocenters. The molecular formula is C25H54O2. The standard InChI is InChI=1S/C9H20.C8H18.C7H16.CO2/c1-8(2)6-5-7-9(3)4;1-4-5-6-7-8(2)3;1-4-5-6-7(2)3;2-1-3/h8-9H,5-7H2,1-4H3;8H,4-7H2,1-3H3;7H,4-6H2,1-3H3;. The third-order valence-electron chi connectivity index (χ3n) is 4.08. The van der Waals surface area contributed by atoms with Gasteiger partial charge in [-0.15, -0.1) is 0 Å². The summed E-state index contributed by atoms with van der Waals surface area (Å²) in [5.74, 6) is 3.59. The Hall–Kier alpha value is -0.620. The molecule has 0 spiro atoms. The van der Waals surface area contributed by atoms with E-state index < -0.39 is 0 Å². The zero-order valence-corrected chi connectivity index (χ0v) is 20.7. The van der Waals surface area contributed by atoms with Gasteiger partial charge < -0.3 is 0 Å². The van der Waals surface area contributed by atoms with Crippen molar-refractivity contribution in [3.8, 4) is 0 Å². The summed E-state index contributed by atoms with van der Waals surface area (Å²) in [6.07, 6.45) is 14.2. The minimum Gasteiger partial charge on any atom is -0.186 e. The molecule has 0 N–H and O–H groups in total. The second-order valence-electron chi connectivity index (χ2n) is 9.23. The first-order valence-electron chi connectivity index (χ1n) is 11.6. The van der Waals surface area contributed by atoms with E-state index in [2.05, 4.69) is 69.2 Å². The van der Waals surface area contributed by atoms with Gasteiger partial charge in [-0.25, -0.2) is 0 Å². The van der Waals surface area contributed by atoms with E-state index in [1.807, 2.05) is 0 Å². The Bertz CT molecular complexity index is 253. The second kappa shape index (κ2) is 30.1. The fraction of sp³-hybridized carbons (Fsp3) is 0.960. The summed E-state index contributed by atoms with van der Waals surface area (Å²) in [6, 6.07) is 0. The molecule has 27 heavy (non-hydrogen) atoms. The maximum absolute atomic E-state index is 8.12. The Morgan fingerprint density at radius 3 is 0.963 bits per heavy atom. The van der Waals surface area contributed by atoms with Gasteiger partial charge >= 0.3 is 6.15 Å². The lowest BCUT2D eigenvalue weighted by molar-refractivity contribution is -0.191. The molecule has 2 heteroatoms. The van der Waals surface area contributed by atoms with Crippen LogP contribution in [0.3, 0.4) is 0 Å². The van der Waals surface area contributed by atoms with Crippen LogP contribution in [0.25, 0.3) is 0 Å². The van der Waals surface area contributed by atoms with E-state index in [1.54, 1.807) is 0 Å². The predicted octanol–water partition coefficient (Wildman–Crippen LogP) is 8.94. The minimum atomic E-state index is 0.250. The van der Waals surface area contributed by atoms with Crippen LogP contribution in [0.4, 0.5) is 0 Å². The molecule has 0 aromatic carbocycles. The lowest BCUT2D eigenvalue weighted by Crippen LogP contribution is -1.90. The summed E-state index contributed by atoms with van der Waals surface area (Å²) in [4.78, 5) is 16.2. The number of unbranched alkanes of at least 4 members (excludes halogenated alkanes) is 3. The number of carbonyl (C=O) groups excluding carboxylic acids is 2. The van der Waals surface area contributed by atoms with E-state index in [-0.39, 0.29) is 6.15 Å². The van der Waals surface area contributed by atoms with E-state index in [1.165, 1.54) is 64.2 Å². The van der Waals surface area contributed by atoms with Crippen molar-refractivity contribution >= 4 is 6.15 Å². The van der Waals surface area contributed by atoms with E-state index >= 15 is 0 Å². The molecule has 0 aliphatic carbocycles. The third kappa shape index (κ3) is 67.1. The monoisotopic (exact) mass is 386 g/mol. The quantitative estimate of drug-likeness (QED) is 0.332. The molecule has 0 aromatic heterocycles. The van der Waals surface area contributed by atoms with Crippen molar-refractivity contribution in [2.45, 2.75) is 133 Å². The first-order valence-corrected chi connectivity index (χ1v) is 11.6. The molecular weight excluding hydrogens is 332 g/mol. The summed E-state index contributed by atoms with van der Waals surface area (Å²) >= 11 is 0. The van der Waals surface area contributed by atoms with Gasteiger partial charge in [0.05, 0.1) is 0 Å². The zero-order valence-electron chi connectivity index (χ0n) is 20.7. The van der Waals surface area contributed by atoms with Crippen LogP contribution in [0, 0.1) is 23.7 Å². The van der Waals surface area contributed by atoms with Crippen LogP contribution >= 0.6 is 0 Å². The van der Waals surface area contributed by atoms with Crippen LogP contribution in [0.2, 0.25) is 0 Å². The highest BCUT2D eigenvalue weighted by atomic mass is 16.2. The van der Waals surface area contributed by atoms with Gasteiger partial charge in [0.1, 0.15) is 0 Å². The van der Waals surface area contributed by atoms with Crippen LogP contribution in [-0.2, 0) is 9.59 Å². The normalized spacial score (nSPS) is 9.85. The maximum atomic E-state index is 8.12. The first kappa shape index (κ1) is 33.9. The average molecular weight is 387 g/mol. The predicted molar refractivity (Wildman–Crippen MR) is 122 cm³/mol. The molecule has 0 aliphatic rings. The fourth-order valence-electron chi connectivity index (χ4n) is 2.35. The average Bonchev–Trinajstić information content (AvgIpc) is 2.54. The van der Waals surface area contributed by atoms with Crippen molar-refractivity contribution in [1.82, 2.24) is 0 Å². The van der Waals surface area contributed by atoms with Gasteiger partial charge in [0.25, 0.3) is 0 Å². The summed E-state index contributed by atoms with van der Waals surface area (Å²) in [5, 5.41) is 0. The molecule has 0 aromatic rings. The minimum absolute atomic E-state index is 0.250. The van der Waals surface area contributed by atoms with Crippen LogP contribution in [-0.4, -0.2) is 6.15 Å². The van der Waals surface area contributed by atoms with Gasteiger partial charge in [0.2, 0.25) is 0 Å². The molecule has 0 radical (unpaired) electrons. The molecule has 0 saturated carbocycles. The fourth-order valence-corrected chi connectivity index (χ4v) is 2.35. The van der Waals surface area contributed by atoms with Gasteiger partial charge in [-0.1, -0.05) is 133 Å². The Balaban J connectivity index is -0.000000138. The molecule has 0 bridgehead atoms. The van der Waals surface area contributed by atoms with Gasteiger partial charge in [-0.05, 0) is 23.7 Å². The number of hydrogen-bond acceptors (Lipinski definition) is 2. The van der Waals surface area contributed by atoms with Crippen molar-refractivity contribution in [1.29, 1.82) is 0 Å². The topological polar surface area (TPSA) is 34.1 Å². The Morgan fingerprint density at radius 1 is 0.481 bits per heavy atom. The molecule has 0 heterocycles. The molecule has 0 fully saturated rings. The summed E-state index contributed by atoms with van der Waals surface area (Å²) in [5.41, 5.74) is 0. The lowest BCUT2D eigenvalue weighted by atomic mass is 10.0. The highest BCUT2D eigenvalue weighted by Crippen LogP contribution is 2.11. The van der Waals surface area contributed by atoms with Crippen molar-refractivity contribution < 1.29 is 9.59 Å². The largest absolute Gasteiger partial charge is 0.373 e. The first-order chi connectivity index (χ1) is 12.6. The Kier molecular flexibility index (Phi) is 37.8. The van der Waals surface area contributed by atoms with Crippen LogP contribution in [0.5, 0.6) is 0 Å². The number of rotatable bonds is 11. The third-order valence-corrected chi connectivity index (χ3v) is 4.08. The highest BCUT2D eigenvalue weighted by molar-refractivity contribution is 5.20. The molecule has 0 amide bonds.